The number of nitrogens with zero attached hydrogens (tertiary/aromatic N) is 1. The number of benzene rings is 1. The average Bonchev–Trinajstić information content (AvgIpc) is 2.51. The molecule has 1 aromatic rings. The van der Waals surface area contributed by atoms with E-state index >= 15 is 0 Å². The standard InChI is InChI=1S/C18H22N2O4/c21-15(19-18(9-3-10-18)12-17(23)24)8-11-20-14-5-2-1-4-13(14)6-7-16(20)22/h1-2,4-5H,3,6-12H2,(H,19,21)(H,23,24). The zero-order valence-electron chi connectivity index (χ0n) is 13.6. The highest BCUT2D eigenvalue weighted by molar-refractivity contribution is 5.97. The molecule has 2 aliphatic rings. The van der Waals surface area contributed by atoms with Crippen LogP contribution in [0.4, 0.5) is 5.69 Å². The van der Waals surface area contributed by atoms with Gasteiger partial charge < -0.3 is 15.3 Å². The van der Waals surface area contributed by atoms with Gasteiger partial charge >= 0.3 is 5.97 Å². The minimum Gasteiger partial charge on any atom is -0.481 e. The van der Waals surface area contributed by atoms with Crippen molar-refractivity contribution in [3.05, 3.63) is 29.8 Å². The van der Waals surface area contributed by atoms with Crippen molar-refractivity contribution in [2.24, 2.45) is 0 Å². The topological polar surface area (TPSA) is 86.7 Å². The van der Waals surface area contributed by atoms with E-state index in [4.69, 9.17) is 5.11 Å². The maximum atomic E-state index is 12.3. The highest BCUT2D eigenvalue weighted by Gasteiger charge is 2.40. The number of rotatable bonds is 6. The Morgan fingerprint density at radius 2 is 1.96 bits per heavy atom. The Kier molecular flexibility index (Phi) is 4.55. The fourth-order valence-electron chi connectivity index (χ4n) is 3.55. The number of carboxylic acid groups (broad SMARTS) is 1. The molecule has 0 bridgehead atoms. The number of nitrogens with one attached hydrogen (secondary N) is 1. The van der Waals surface area contributed by atoms with Crippen LogP contribution in [0.5, 0.6) is 0 Å². The third kappa shape index (κ3) is 3.42. The summed E-state index contributed by atoms with van der Waals surface area (Å²) in [6.45, 7) is 0.324. The molecule has 0 spiro atoms. The molecule has 1 aliphatic heterocycles. The number of carbonyl (C=O) groups is 3. The molecule has 1 aromatic carbocycles. The molecule has 2 N–H and O–H groups in total. The molecule has 0 radical (unpaired) electrons. The lowest BCUT2D eigenvalue weighted by Crippen LogP contribution is -2.55. The largest absolute Gasteiger partial charge is 0.481 e. The van der Waals surface area contributed by atoms with E-state index in [0.29, 0.717) is 25.8 Å². The van der Waals surface area contributed by atoms with Crippen LogP contribution in [0.3, 0.4) is 0 Å². The molecule has 0 atom stereocenters. The molecule has 6 heteroatoms. The van der Waals surface area contributed by atoms with Gasteiger partial charge in [-0.25, -0.2) is 0 Å². The molecule has 1 fully saturated rings. The number of para-hydroxylation sites is 1. The second-order valence-corrected chi connectivity index (χ2v) is 6.68. The molecule has 24 heavy (non-hydrogen) atoms. The number of carboxylic acids is 1. The first-order valence-corrected chi connectivity index (χ1v) is 8.40. The van der Waals surface area contributed by atoms with Gasteiger partial charge in [0.05, 0.1) is 12.0 Å². The number of amides is 2. The number of fused-ring (bicyclic) bond motifs is 1. The van der Waals surface area contributed by atoms with Crippen LogP contribution in [-0.2, 0) is 20.8 Å². The van der Waals surface area contributed by atoms with E-state index in [2.05, 4.69) is 5.32 Å². The van der Waals surface area contributed by atoms with Gasteiger partial charge in [0, 0.05) is 25.1 Å². The van der Waals surface area contributed by atoms with Crippen LogP contribution >= 0.6 is 0 Å². The van der Waals surface area contributed by atoms with Gasteiger partial charge in [-0.05, 0) is 37.3 Å². The Hall–Kier alpha value is -2.37. The molecular formula is C18H22N2O4. The molecule has 2 amide bonds. The van der Waals surface area contributed by atoms with Crippen LogP contribution in [0, 0.1) is 0 Å². The number of aliphatic carboxylic acids is 1. The second-order valence-electron chi connectivity index (χ2n) is 6.68. The lowest BCUT2D eigenvalue weighted by Gasteiger charge is -2.41. The van der Waals surface area contributed by atoms with Crippen molar-refractivity contribution in [1.29, 1.82) is 0 Å². The van der Waals surface area contributed by atoms with Crippen molar-refractivity contribution in [3.63, 3.8) is 0 Å². The number of anilines is 1. The van der Waals surface area contributed by atoms with E-state index in [1.165, 1.54) is 0 Å². The fourth-order valence-corrected chi connectivity index (χ4v) is 3.55. The molecule has 128 valence electrons. The van der Waals surface area contributed by atoms with Gasteiger partial charge in [0.1, 0.15) is 0 Å². The molecule has 1 saturated carbocycles. The molecule has 0 unspecified atom stereocenters. The van der Waals surface area contributed by atoms with Crippen molar-refractivity contribution in [1.82, 2.24) is 5.32 Å². The highest BCUT2D eigenvalue weighted by Crippen LogP contribution is 2.35. The van der Waals surface area contributed by atoms with Gasteiger partial charge in [-0.1, -0.05) is 18.2 Å². The van der Waals surface area contributed by atoms with Crippen molar-refractivity contribution >= 4 is 23.5 Å². The first-order chi connectivity index (χ1) is 11.5. The van der Waals surface area contributed by atoms with Crippen molar-refractivity contribution in [2.75, 3.05) is 11.4 Å². The summed E-state index contributed by atoms with van der Waals surface area (Å²) >= 11 is 0. The van der Waals surface area contributed by atoms with E-state index in [0.717, 1.165) is 24.1 Å². The number of hydrogen-bond acceptors (Lipinski definition) is 3. The molecule has 6 nitrogen and oxygen atoms in total. The monoisotopic (exact) mass is 330 g/mol. The summed E-state index contributed by atoms with van der Waals surface area (Å²) in [6, 6.07) is 7.75. The SMILES string of the molecule is O=C(O)CC1(NC(=O)CCN2C(=O)CCc3ccccc32)CCC1. The molecule has 0 aromatic heterocycles. The normalized spacial score (nSPS) is 18.5. The van der Waals surface area contributed by atoms with Crippen molar-refractivity contribution in [3.8, 4) is 0 Å². The van der Waals surface area contributed by atoms with E-state index in [9.17, 15) is 14.4 Å². The smallest absolute Gasteiger partial charge is 0.305 e. The minimum atomic E-state index is -0.893. The zero-order valence-corrected chi connectivity index (χ0v) is 13.6. The van der Waals surface area contributed by atoms with Crippen LogP contribution in [0.2, 0.25) is 0 Å². The lowest BCUT2D eigenvalue weighted by molar-refractivity contribution is -0.140. The molecule has 0 saturated heterocycles. The first-order valence-electron chi connectivity index (χ1n) is 8.40. The van der Waals surface area contributed by atoms with Gasteiger partial charge in [-0.2, -0.15) is 0 Å². The summed E-state index contributed by atoms with van der Waals surface area (Å²) in [5, 5.41) is 11.9. The van der Waals surface area contributed by atoms with E-state index in [1.807, 2.05) is 24.3 Å². The van der Waals surface area contributed by atoms with Gasteiger partial charge in [0.15, 0.2) is 0 Å². The van der Waals surface area contributed by atoms with E-state index in [1.54, 1.807) is 4.90 Å². The van der Waals surface area contributed by atoms with Crippen molar-refractivity contribution < 1.29 is 19.5 Å². The maximum Gasteiger partial charge on any atom is 0.305 e. The predicted octanol–water partition coefficient (Wildman–Crippen LogP) is 1.87. The van der Waals surface area contributed by atoms with E-state index < -0.39 is 11.5 Å². The fraction of sp³-hybridized carbons (Fsp3) is 0.500. The molecular weight excluding hydrogens is 308 g/mol. The Labute approximate surface area is 140 Å². The number of hydrogen-bond donors (Lipinski definition) is 2. The summed E-state index contributed by atoms with van der Waals surface area (Å²) in [5.74, 6) is -1.05. The quantitative estimate of drug-likeness (QED) is 0.833. The Morgan fingerprint density at radius 1 is 1.21 bits per heavy atom. The summed E-state index contributed by atoms with van der Waals surface area (Å²) in [7, 11) is 0. The minimum absolute atomic E-state index is 0.0328. The van der Waals surface area contributed by atoms with E-state index in [-0.39, 0.29) is 24.7 Å². The van der Waals surface area contributed by atoms with Crippen LogP contribution in [0.15, 0.2) is 24.3 Å². The van der Waals surface area contributed by atoms with Crippen LogP contribution in [0.1, 0.15) is 44.1 Å². The summed E-state index contributed by atoms with van der Waals surface area (Å²) in [5.41, 5.74) is 1.41. The second kappa shape index (κ2) is 6.63. The van der Waals surface area contributed by atoms with Crippen LogP contribution in [-0.4, -0.2) is 35.0 Å². The Bertz CT molecular complexity index is 667. The lowest BCUT2D eigenvalue weighted by atomic mass is 9.74. The number of aryl methyl sites for hydroxylation is 1. The molecule has 1 heterocycles. The highest BCUT2D eigenvalue weighted by atomic mass is 16.4. The number of carbonyl (C=O) groups excluding carboxylic acids is 2. The predicted molar refractivity (Wildman–Crippen MR) is 88.7 cm³/mol. The first kappa shape index (κ1) is 16.5. The zero-order chi connectivity index (χ0) is 17.2. The van der Waals surface area contributed by atoms with Gasteiger partial charge in [-0.15, -0.1) is 0 Å². The van der Waals surface area contributed by atoms with Crippen LogP contribution in [0.25, 0.3) is 0 Å². The Morgan fingerprint density at radius 3 is 2.62 bits per heavy atom. The summed E-state index contributed by atoms with van der Waals surface area (Å²) in [6.07, 6.45) is 3.69. The third-order valence-electron chi connectivity index (χ3n) is 4.96. The Balaban J connectivity index is 1.60. The van der Waals surface area contributed by atoms with Crippen molar-refractivity contribution in [2.45, 2.75) is 50.5 Å². The summed E-state index contributed by atoms with van der Waals surface area (Å²) in [4.78, 5) is 37.1. The maximum absolute atomic E-state index is 12.3. The van der Waals surface area contributed by atoms with Gasteiger partial charge in [-0.3, -0.25) is 14.4 Å². The molecule has 1 aliphatic carbocycles. The van der Waals surface area contributed by atoms with Gasteiger partial charge in [0.25, 0.3) is 0 Å². The summed E-state index contributed by atoms with van der Waals surface area (Å²) < 4.78 is 0. The third-order valence-corrected chi connectivity index (χ3v) is 4.96. The average molecular weight is 330 g/mol. The molecule has 3 rings (SSSR count). The van der Waals surface area contributed by atoms with Gasteiger partial charge in [0.2, 0.25) is 11.8 Å². The van der Waals surface area contributed by atoms with Crippen LogP contribution < -0.4 is 10.2 Å².